The number of nitrogens with zero attached hydrogens (tertiary/aromatic N) is 4. The van der Waals surface area contributed by atoms with E-state index in [0.29, 0.717) is 18.6 Å². The maximum Gasteiger partial charge on any atom is 0.255 e. The molecule has 28 heavy (non-hydrogen) atoms. The molecule has 3 heterocycles. The lowest BCUT2D eigenvalue weighted by Crippen LogP contribution is -2.23. The van der Waals surface area contributed by atoms with Crippen molar-refractivity contribution in [1.29, 1.82) is 0 Å². The normalized spacial score (nSPS) is 23.5. The van der Waals surface area contributed by atoms with Gasteiger partial charge in [-0.3, -0.25) is 4.68 Å². The fourth-order valence-electron chi connectivity index (χ4n) is 3.70. The molecule has 2 aromatic heterocycles. The third kappa shape index (κ3) is 4.77. The molecular formula is C19H26FN5O3. The smallest absolute Gasteiger partial charge is 0.255 e. The number of aromatic nitrogens is 4. The summed E-state index contributed by atoms with van der Waals surface area (Å²) in [5, 5.41) is 17.0. The molecule has 0 atom stereocenters. The van der Waals surface area contributed by atoms with Crippen molar-refractivity contribution in [2.24, 2.45) is 5.92 Å². The van der Waals surface area contributed by atoms with Gasteiger partial charge in [-0.1, -0.05) is 0 Å². The van der Waals surface area contributed by atoms with E-state index in [1.54, 1.807) is 6.20 Å². The predicted octanol–water partition coefficient (Wildman–Crippen LogP) is 2.84. The van der Waals surface area contributed by atoms with Crippen molar-refractivity contribution in [3.63, 3.8) is 0 Å². The second-order valence-corrected chi connectivity index (χ2v) is 7.51. The third-order valence-electron chi connectivity index (χ3n) is 5.41. The second kappa shape index (κ2) is 8.83. The van der Waals surface area contributed by atoms with Crippen LogP contribution in [0.1, 0.15) is 44.6 Å². The Morgan fingerprint density at radius 1 is 1.18 bits per heavy atom. The zero-order valence-electron chi connectivity index (χ0n) is 15.8. The largest absolute Gasteiger partial charge is 0.475 e. The van der Waals surface area contributed by atoms with Crippen molar-refractivity contribution < 1.29 is 19.0 Å². The molecule has 0 bridgehead atoms. The maximum absolute atomic E-state index is 14.0. The zero-order chi connectivity index (χ0) is 19.3. The summed E-state index contributed by atoms with van der Waals surface area (Å²) in [6.45, 7) is 1.88. The minimum absolute atomic E-state index is 0.0551. The highest BCUT2D eigenvalue weighted by Gasteiger charge is 2.21. The van der Waals surface area contributed by atoms with E-state index in [9.17, 15) is 9.50 Å². The van der Waals surface area contributed by atoms with E-state index in [1.807, 2.05) is 10.9 Å². The number of anilines is 2. The Morgan fingerprint density at radius 2 is 1.96 bits per heavy atom. The van der Waals surface area contributed by atoms with Gasteiger partial charge in [-0.15, -0.1) is 0 Å². The quantitative estimate of drug-likeness (QED) is 0.782. The van der Waals surface area contributed by atoms with Gasteiger partial charge in [0.2, 0.25) is 11.8 Å². The van der Waals surface area contributed by atoms with Crippen LogP contribution in [-0.2, 0) is 4.74 Å². The highest BCUT2D eigenvalue weighted by Crippen LogP contribution is 2.26. The van der Waals surface area contributed by atoms with Crippen LogP contribution in [0.5, 0.6) is 5.88 Å². The van der Waals surface area contributed by atoms with Crippen LogP contribution in [0.4, 0.5) is 16.0 Å². The van der Waals surface area contributed by atoms with E-state index in [0.717, 1.165) is 63.6 Å². The number of ether oxygens (including phenoxy) is 2. The summed E-state index contributed by atoms with van der Waals surface area (Å²) in [6, 6.07) is 0.325. The van der Waals surface area contributed by atoms with Gasteiger partial charge >= 0.3 is 0 Å². The average molecular weight is 391 g/mol. The molecule has 1 saturated carbocycles. The lowest BCUT2D eigenvalue weighted by Gasteiger charge is -2.25. The fourth-order valence-corrected chi connectivity index (χ4v) is 3.70. The van der Waals surface area contributed by atoms with E-state index in [4.69, 9.17) is 9.47 Å². The van der Waals surface area contributed by atoms with Crippen LogP contribution >= 0.6 is 0 Å². The molecule has 1 aliphatic heterocycles. The Labute approximate surface area is 163 Å². The number of aliphatic hydroxyl groups is 1. The molecule has 4 rings (SSSR count). The molecule has 0 spiro atoms. The Kier molecular flexibility index (Phi) is 6.01. The van der Waals surface area contributed by atoms with Gasteiger partial charge in [0, 0.05) is 19.4 Å². The molecule has 0 amide bonds. The predicted molar refractivity (Wildman–Crippen MR) is 100 cm³/mol. The topological polar surface area (TPSA) is 94.3 Å². The van der Waals surface area contributed by atoms with Crippen molar-refractivity contribution in [3.8, 4) is 5.88 Å². The molecule has 152 valence electrons. The first-order chi connectivity index (χ1) is 13.7. The third-order valence-corrected chi connectivity index (χ3v) is 5.41. The molecule has 2 aliphatic rings. The highest BCUT2D eigenvalue weighted by atomic mass is 19.1. The second-order valence-electron chi connectivity index (χ2n) is 7.51. The Bertz CT molecular complexity index is 773. The summed E-state index contributed by atoms with van der Waals surface area (Å²) in [5.74, 6) is -0.0615. The first-order valence-electron chi connectivity index (χ1n) is 9.89. The molecule has 2 N–H and O–H groups in total. The van der Waals surface area contributed by atoms with Gasteiger partial charge in [0.15, 0.2) is 0 Å². The fraction of sp³-hybridized carbons (Fsp3) is 0.632. The van der Waals surface area contributed by atoms with E-state index < -0.39 is 5.82 Å². The van der Waals surface area contributed by atoms with E-state index in [-0.39, 0.29) is 17.9 Å². The first-order valence-corrected chi connectivity index (χ1v) is 9.89. The SMILES string of the molecule is OC1CCC(COc2nc(Nc3cnn(C4CCOCC4)c3)ncc2F)CC1. The Morgan fingerprint density at radius 3 is 2.75 bits per heavy atom. The van der Waals surface area contributed by atoms with Crippen molar-refractivity contribution in [3.05, 3.63) is 24.4 Å². The maximum atomic E-state index is 14.0. The van der Waals surface area contributed by atoms with Crippen LogP contribution < -0.4 is 10.1 Å². The molecule has 0 unspecified atom stereocenters. The Hall–Kier alpha value is -2.26. The summed E-state index contributed by atoms with van der Waals surface area (Å²) in [4.78, 5) is 8.16. The van der Waals surface area contributed by atoms with Gasteiger partial charge in [-0.05, 0) is 44.4 Å². The minimum atomic E-state index is -0.584. The Balaban J connectivity index is 1.36. The number of nitrogens with one attached hydrogen (secondary N) is 1. The van der Waals surface area contributed by atoms with Crippen molar-refractivity contribution in [1.82, 2.24) is 19.7 Å². The number of aliphatic hydroxyl groups excluding tert-OH is 1. The molecule has 0 radical (unpaired) electrons. The van der Waals surface area contributed by atoms with Gasteiger partial charge < -0.3 is 19.9 Å². The molecule has 0 aromatic carbocycles. The average Bonchev–Trinajstić information content (AvgIpc) is 3.19. The van der Waals surface area contributed by atoms with Crippen molar-refractivity contribution >= 4 is 11.6 Å². The summed E-state index contributed by atoms with van der Waals surface area (Å²) in [7, 11) is 0. The van der Waals surface area contributed by atoms with Gasteiger partial charge in [0.1, 0.15) is 0 Å². The first kappa shape index (κ1) is 19.1. The number of hydrogen-bond donors (Lipinski definition) is 2. The van der Waals surface area contributed by atoms with Crippen LogP contribution in [0.15, 0.2) is 18.6 Å². The lowest BCUT2D eigenvalue weighted by atomic mass is 9.88. The van der Waals surface area contributed by atoms with Gasteiger partial charge in [-0.25, -0.2) is 4.98 Å². The van der Waals surface area contributed by atoms with Crippen LogP contribution in [0, 0.1) is 11.7 Å². The number of halogens is 1. The van der Waals surface area contributed by atoms with Gasteiger partial charge in [0.25, 0.3) is 5.88 Å². The summed E-state index contributed by atoms with van der Waals surface area (Å²) >= 11 is 0. The minimum Gasteiger partial charge on any atom is -0.475 e. The monoisotopic (exact) mass is 391 g/mol. The summed E-state index contributed by atoms with van der Waals surface area (Å²) in [5.41, 5.74) is 0.741. The van der Waals surface area contributed by atoms with Crippen LogP contribution in [0.2, 0.25) is 0 Å². The molecule has 8 nitrogen and oxygen atoms in total. The lowest BCUT2D eigenvalue weighted by molar-refractivity contribution is 0.0662. The van der Waals surface area contributed by atoms with Crippen molar-refractivity contribution in [2.75, 3.05) is 25.1 Å². The molecule has 2 aromatic rings. The van der Waals surface area contributed by atoms with Gasteiger partial charge in [0.05, 0.1) is 36.8 Å². The van der Waals surface area contributed by atoms with Crippen molar-refractivity contribution in [2.45, 2.75) is 50.7 Å². The van der Waals surface area contributed by atoms with Gasteiger partial charge in [-0.2, -0.15) is 14.5 Å². The molecule has 1 saturated heterocycles. The molecular weight excluding hydrogens is 365 g/mol. The summed E-state index contributed by atoms with van der Waals surface area (Å²) in [6.07, 6.45) is 9.66. The van der Waals surface area contributed by atoms with E-state index >= 15 is 0 Å². The number of rotatable bonds is 6. The highest BCUT2D eigenvalue weighted by molar-refractivity contribution is 5.50. The van der Waals surface area contributed by atoms with Crippen LogP contribution in [-0.4, -0.2) is 50.8 Å². The van der Waals surface area contributed by atoms with E-state index in [1.165, 1.54) is 0 Å². The van der Waals surface area contributed by atoms with E-state index in [2.05, 4.69) is 20.4 Å². The molecule has 2 fully saturated rings. The van der Waals surface area contributed by atoms with Crippen LogP contribution in [0.25, 0.3) is 0 Å². The standard InChI is InChI=1S/C19H26FN5O3/c20-17-10-21-19(24-18(17)28-12-13-1-3-16(26)4-2-13)23-14-9-22-25(11-14)15-5-7-27-8-6-15/h9-11,13,15-16,26H,1-8,12H2,(H,21,23,24). The summed E-state index contributed by atoms with van der Waals surface area (Å²) < 4.78 is 26.9. The zero-order valence-corrected chi connectivity index (χ0v) is 15.8. The molecule has 9 heteroatoms. The molecule has 1 aliphatic carbocycles. The number of hydrogen-bond acceptors (Lipinski definition) is 7. The van der Waals surface area contributed by atoms with Crippen LogP contribution in [0.3, 0.4) is 0 Å².